The van der Waals surface area contributed by atoms with Crippen LogP contribution in [-0.2, 0) is 17.8 Å². The fourth-order valence-corrected chi connectivity index (χ4v) is 3.19. The van der Waals surface area contributed by atoms with E-state index < -0.39 is 0 Å². The van der Waals surface area contributed by atoms with Crippen molar-refractivity contribution in [2.24, 2.45) is 5.73 Å². The third-order valence-electron chi connectivity index (χ3n) is 5.20. The van der Waals surface area contributed by atoms with Crippen LogP contribution in [0.1, 0.15) is 44.2 Å². The molecule has 0 saturated heterocycles. The first kappa shape index (κ1) is 19.2. The molecule has 0 aromatic heterocycles. The predicted octanol–water partition coefficient (Wildman–Crippen LogP) is 1.78. The molecular weight excluding hydrogens is 316 g/mol. The number of urea groups is 1. The fourth-order valence-electron chi connectivity index (χ4n) is 3.19. The Bertz CT molecular complexity index is 591. The van der Waals surface area contributed by atoms with Crippen molar-refractivity contribution in [1.82, 2.24) is 15.5 Å². The van der Waals surface area contributed by atoms with Crippen molar-refractivity contribution in [3.05, 3.63) is 35.4 Å². The smallest absolute Gasteiger partial charge is 0.317 e. The van der Waals surface area contributed by atoms with Gasteiger partial charge < -0.3 is 21.3 Å². The number of amides is 3. The summed E-state index contributed by atoms with van der Waals surface area (Å²) >= 11 is 0. The number of hydrogen-bond acceptors (Lipinski definition) is 3. The fraction of sp³-hybridized carbons (Fsp3) is 0.579. The lowest BCUT2D eigenvalue weighted by Crippen LogP contribution is -2.53. The highest BCUT2D eigenvalue weighted by Gasteiger charge is 2.26. The molecule has 0 saturated carbocycles. The van der Waals surface area contributed by atoms with Crippen LogP contribution in [0.25, 0.3) is 0 Å². The second-order valence-corrected chi connectivity index (χ2v) is 6.66. The van der Waals surface area contributed by atoms with Crippen LogP contribution in [0.4, 0.5) is 4.79 Å². The molecule has 1 aliphatic rings. The topological polar surface area (TPSA) is 87.5 Å². The van der Waals surface area contributed by atoms with Gasteiger partial charge in [0, 0.05) is 32.6 Å². The number of fused-ring (bicyclic) bond motifs is 1. The normalized spacial score (nSPS) is 14.0. The molecule has 0 fully saturated rings. The van der Waals surface area contributed by atoms with E-state index in [4.69, 9.17) is 5.73 Å². The highest BCUT2D eigenvalue weighted by molar-refractivity contribution is 5.79. The molecule has 0 radical (unpaired) electrons. The van der Waals surface area contributed by atoms with Crippen molar-refractivity contribution < 1.29 is 9.59 Å². The van der Waals surface area contributed by atoms with Crippen molar-refractivity contribution in [1.29, 1.82) is 0 Å². The average Bonchev–Trinajstić information content (AvgIpc) is 2.65. The van der Waals surface area contributed by atoms with Crippen LogP contribution in [0.2, 0.25) is 0 Å². The van der Waals surface area contributed by atoms with Gasteiger partial charge >= 0.3 is 6.03 Å². The molecule has 2 rings (SSSR count). The zero-order valence-electron chi connectivity index (χ0n) is 15.3. The first-order valence-corrected chi connectivity index (χ1v) is 9.14. The van der Waals surface area contributed by atoms with Crippen LogP contribution in [0.3, 0.4) is 0 Å². The Labute approximate surface area is 150 Å². The molecule has 0 atom stereocenters. The van der Waals surface area contributed by atoms with Crippen molar-refractivity contribution in [2.75, 3.05) is 19.6 Å². The van der Waals surface area contributed by atoms with E-state index in [0.717, 1.165) is 19.3 Å². The molecule has 0 aliphatic carbocycles. The van der Waals surface area contributed by atoms with Gasteiger partial charge in [-0.25, -0.2) is 4.79 Å². The van der Waals surface area contributed by atoms with Gasteiger partial charge in [-0.3, -0.25) is 4.79 Å². The van der Waals surface area contributed by atoms with Gasteiger partial charge in [0.1, 0.15) is 0 Å². The number of carbonyl (C=O) groups excluding carboxylic acids is 2. The third-order valence-corrected chi connectivity index (χ3v) is 5.20. The molecule has 0 spiro atoms. The molecule has 6 heteroatoms. The Balaban J connectivity index is 1.76. The maximum atomic E-state index is 12.3. The van der Waals surface area contributed by atoms with Gasteiger partial charge in [0.25, 0.3) is 0 Å². The molecule has 1 aromatic carbocycles. The summed E-state index contributed by atoms with van der Waals surface area (Å²) in [5, 5.41) is 5.87. The molecule has 25 heavy (non-hydrogen) atoms. The minimum absolute atomic E-state index is 0.0709. The Kier molecular flexibility index (Phi) is 6.82. The number of hydrogen-bond donors (Lipinski definition) is 3. The van der Waals surface area contributed by atoms with Crippen LogP contribution in [0.5, 0.6) is 0 Å². The Morgan fingerprint density at radius 2 is 1.88 bits per heavy atom. The molecule has 1 aromatic rings. The number of nitrogens with two attached hydrogens (primary N) is 1. The Hall–Kier alpha value is -2.08. The summed E-state index contributed by atoms with van der Waals surface area (Å²) < 4.78 is 0. The van der Waals surface area contributed by atoms with E-state index in [1.165, 1.54) is 11.1 Å². The zero-order valence-corrected chi connectivity index (χ0v) is 15.3. The number of nitrogens with one attached hydrogen (secondary N) is 2. The summed E-state index contributed by atoms with van der Waals surface area (Å²) in [5.41, 5.74) is 7.97. The lowest BCUT2D eigenvalue weighted by molar-refractivity contribution is -0.122. The Morgan fingerprint density at radius 3 is 2.52 bits per heavy atom. The molecule has 6 nitrogen and oxygen atoms in total. The summed E-state index contributed by atoms with van der Waals surface area (Å²) in [5.74, 6) is -0.0709. The number of nitrogens with zero attached hydrogens (tertiary/aromatic N) is 1. The van der Waals surface area contributed by atoms with Gasteiger partial charge in [-0.1, -0.05) is 38.1 Å². The molecule has 1 aliphatic heterocycles. The monoisotopic (exact) mass is 346 g/mol. The summed E-state index contributed by atoms with van der Waals surface area (Å²) in [6, 6.07) is 8.08. The molecule has 0 bridgehead atoms. The highest BCUT2D eigenvalue weighted by atomic mass is 16.2. The minimum Gasteiger partial charge on any atom is -0.349 e. The number of rotatable bonds is 7. The second kappa shape index (κ2) is 8.85. The SMILES string of the molecule is CCC(CC)(CN)NC(=O)CCNC(=O)N1CCc2ccccc2C1. The highest BCUT2D eigenvalue weighted by Crippen LogP contribution is 2.18. The third kappa shape index (κ3) is 4.95. The average molecular weight is 346 g/mol. The van der Waals surface area contributed by atoms with Gasteiger partial charge in [-0.05, 0) is 30.4 Å². The van der Waals surface area contributed by atoms with E-state index in [1.54, 1.807) is 4.90 Å². The summed E-state index contributed by atoms with van der Waals surface area (Å²) in [6.07, 6.45) is 2.73. The van der Waals surface area contributed by atoms with E-state index in [-0.39, 0.29) is 23.9 Å². The predicted molar refractivity (Wildman–Crippen MR) is 99.1 cm³/mol. The van der Waals surface area contributed by atoms with Crippen molar-refractivity contribution in [3.8, 4) is 0 Å². The van der Waals surface area contributed by atoms with E-state index in [9.17, 15) is 9.59 Å². The summed E-state index contributed by atoms with van der Waals surface area (Å²) in [7, 11) is 0. The number of benzene rings is 1. The first-order chi connectivity index (χ1) is 12.0. The van der Waals surface area contributed by atoms with Crippen LogP contribution in [-0.4, -0.2) is 42.0 Å². The maximum Gasteiger partial charge on any atom is 0.317 e. The second-order valence-electron chi connectivity index (χ2n) is 6.66. The van der Waals surface area contributed by atoms with Gasteiger partial charge in [0.15, 0.2) is 0 Å². The molecule has 0 unspecified atom stereocenters. The Morgan fingerprint density at radius 1 is 1.20 bits per heavy atom. The van der Waals surface area contributed by atoms with Crippen molar-refractivity contribution >= 4 is 11.9 Å². The molecular formula is C19H30N4O2. The molecule has 138 valence electrons. The quantitative estimate of drug-likeness (QED) is 0.703. The molecule has 3 amide bonds. The van der Waals surface area contributed by atoms with Gasteiger partial charge in [0.2, 0.25) is 5.91 Å². The molecule has 1 heterocycles. The lowest BCUT2D eigenvalue weighted by Gasteiger charge is -2.31. The first-order valence-electron chi connectivity index (χ1n) is 9.14. The molecule has 4 N–H and O–H groups in total. The van der Waals surface area contributed by atoms with Gasteiger partial charge in [-0.15, -0.1) is 0 Å². The maximum absolute atomic E-state index is 12.3. The van der Waals surface area contributed by atoms with Crippen LogP contribution in [0, 0.1) is 0 Å². The van der Waals surface area contributed by atoms with E-state index in [0.29, 0.717) is 26.2 Å². The van der Waals surface area contributed by atoms with Crippen LogP contribution < -0.4 is 16.4 Å². The van der Waals surface area contributed by atoms with Gasteiger partial charge in [0.05, 0.1) is 5.54 Å². The standard InChI is InChI=1S/C19H30N4O2/c1-3-19(4-2,14-20)22-17(24)9-11-21-18(25)23-12-10-15-7-5-6-8-16(15)13-23/h5-8H,3-4,9-14,20H2,1-2H3,(H,21,25)(H,22,24). The van der Waals surface area contributed by atoms with E-state index in [2.05, 4.69) is 22.8 Å². The summed E-state index contributed by atoms with van der Waals surface area (Å²) in [4.78, 5) is 26.2. The van der Waals surface area contributed by atoms with Crippen molar-refractivity contribution in [3.63, 3.8) is 0 Å². The minimum atomic E-state index is -0.336. The van der Waals surface area contributed by atoms with Gasteiger partial charge in [-0.2, -0.15) is 0 Å². The zero-order chi connectivity index (χ0) is 18.3. The van der Waals surface area contributed by atoms with Crippen molar-refractivity contribution in [2.45, 2.75) is 51.6 Å². The van der Waals surface area contributed by atoms with E-state index in [1.807, 2.05) is 26.0 Å². The summed E-state index contributed by atoms with van der Waals surface area (Å²) in [6.45, 7) is 6.12. The van der Waals surface area contributed by atoms with Crippen LogP contribution >= 0.6 is 0 Å². The largest absolute Gasteiger partial charge is 0.349 e. The lowest BCUT2D eigenvalue weighted by atomic mass is 9.93. The van der Waals surface area contributed by atoms with E-state index >= 15 is 0 Å². The number of carbonyl (C=O) groups is 2. The van der Waals surface area contributed by atoms with Crippen LogP contribution in [0.15, 0.2) is 24.3 Å².